The number of amides is 1. The van der Waals surface area contributed by atoms with Gasteiger partial charge in [-0.2, -0.15) is 0 Å². The van der Waals surface area contributed by atoms with E-state index in [-0.39, 0.29) is 11.5 Å². The van der Waals surface area contributed by atoms with Gasteiger partial charge in [-0.15, -0.1) is 0 Å². The van der Waals surface area contributed by atoms with Gasteiger partial charge in [0.1, 0.15) is 0 Å². The third kappa shape index (κ3) is 2.61. The predicted molar refractivity (Wildman–Crippen MR) is 84.6 cm³/mol. The van der Waals surface area contributed by atoms with Crippen LogP contribution in [0.1, 0.15) is 15.9 Å². The van der Waals surface area contributed by atoms with Crippen LogP contribution in [0.4, 0.5) is 0 Å². The average molecular weight is 293 g/mol. The Labute approximate surface area is 127 Å². The van der Waals surface area contributed by atoms with Gasteiger partial charge >= 0.3 is 0 Å². The number of fused-ring (bicyclic) bond motifs is 1. The number of nitrogens with one attached hydrogen (secondary N) is 1. The predicted octanol–water partition coefficient (Wildman–Crippen LogP) is 1.86. The van der Waals surface area contributed by atoms with E-state index in [0.29, 0.717) is 22.9 Å². The van der Waals surface area contributed by atoms with E-state index in [1.165, 1.54) is 10.8 Å². The van der Waals surface area contributed by atoms with E-state index in [1.807, 2.05) is 30.3 Å². The summed E-state index contributed by atoms with van der Waals surface area (Å²) in [5.41, 5.74) is 1.32. The molecule has 0 radical (unpaired) electrons. The van der Waals surface area contributed by atoms with E-state index in [2.05, 4.69) is 10.3 Å². The molecule has 1 N–H and O–H groups in total. The van der Waals surface area contributed by atoms with Gasteiger partial charge in [-0.25, -0.2) is 0 Å². The molecule has 0 spiro atoms. The van der Waals surface area contributed by atoms with Crippen LogP contribution < -0.4 is 10.9 Å². The van der Waals surface area contributed by atoms with Crippen molar-refractivity contribution >= 4 is 16.7 Å². The van der Waals surface area contributed by atoms with E-state index in [9.17, 15) is 9.59 Å². The summed E-state index contributed by atoms with van der Waals surface area (Å²) in [4.78, 5) is 28.5. The summed E-state index contributed by atoms with van der Waals surface area (Å²) in [6.45, 7) is 0.440. The van der Waals surface area contributed by atoms with E-state index < -0.39 is 0 Å². The molecule has 1 amide bonds. The van der Waals surface area contributed by atoms with E-state index in [4.69, 9.17) is 0 Å². The molecule has 0 aliphatic rings. The van der Waals surface area contributed by atoms with Crippen LogP contribution in [0.25, 0.3) is 10.8 Å². The molecule has 1 aromatic carbocycles. The number of carbonyl (C=O) groups is 1. The molecule has 0 atom stereocenters. The second kappa shape index (κ2) is 5.81. The number of pyridine rings is 2. The van der Waals surface area contributed by atoms with Crippen molar-refractivity contribution in [2.75, 3.05) is 0 Å². The number of benzene rings is 1. The molecule has 0 aliphatic carbocycles. The second-order valence-electron chi connectivity index (χ2n) is 5.05. The van der Waals surface area contributed by atoms with Gasteiger partial charge in [-0.3, -0.25) is 14.6 Å². The van der Waals surface area contributed by atoms with Gasteiger partial charge in [0, 0.05) is 37.6 Å². The summed E-state index contributed by atoms with van der Waals surface area (Å²) in [5.74, 6) is -0.212. The number of nitrogens with zero attached hydrogens (tertiary/aromatic N) is 2. The zero-order valence-corrected chi connectivity index (χ0v) is 12.1. The van der Waals surface area contributed by atoms with Crippen LogP contribution in [-0.4, -0.2) is 15.5 Å². The normalized spacial score (nSPS) is 10.6. The van der Waals surface area contributed by atoms with Crippen molar-refractivity contribution in [1.29, 1.82) is 0 Å². The molecule has 0 unspecified atom stereocenters. The smallest absolute Gasteiger partial charge is 0.259 e. The summed E-state index contributed by atoms with van der Waals surface area (Å²) in [6, 6.07) is 11.4. The van der Waals surface area contributed by atoms with E-state index in [1.54, 1.807) is 25.5 Å². The number of hydrogen-bond donors (Lipinski definition) is 1. The van der Waals surface area contributed by atoms with Crippen LogP contribution in [0.5, 0.6) is 0 Å². The minimum absolute atomic E-state index is 0.164. The highest BCUT2D eigenvalue weighted by Crippen LogP contribution is 2.14. The zero-order chi connectivity index (χ0) is 15.5. The number of rotatable bonds is 3. The first-order chi connectivity index (χ1) is 10.7. The first-order valence-corrected chi connectivity index (χ1v) is 6.92. The summed E-state index contributed by atoms with van der Waals surface area (Å²) in [6.07, 6.45) is 4.63. The maximum absolute atomic E-state index is 12.4. The van der Waals surface area contributed by atoms with Crippen LogP contribution >= 0.6 is 0 Å². The van der Waals surface area contributed by atoms with Crippen LogP contribution in [0.15, 0.2) is 59.8 Å². The monoisotopic (exact) mass is 293 g/mol. The Morgan fingerprint density at radius 2 is 1.95 bits per heavy atom. The molecule has 5 heteroatoms. The largest absolute Gasteiger partial charge is 0.348 e. The first-order valence-electron chi connectivity index (χ1n) is 6.92. The highest BCUT2D eigenvalue weighted by atomic mass is 16.2. The van der Waals surface area contributed by atoms with E-state index >= 15 is 0 Å². The lowest BCUT2D eigenvalue weighted by molar-refractivity contribution is 0.0952. The Morgan fingerprint density at radius 3 is 2.73 bits per heavy atom. The van der Waals surface area contributed by atoms with Gasteiger partial charge in [0.05, 0.1) is 10.9 Å². The van der Waals surface area contributed by atoms with Gasteiger partial charge < -0.3 is 9.88 Å². The summed E-state index contributed by atoms with van der Waals surface area (Å²) in [7, 11) is 1.63. The Balaban J connectivity index is 1.94. The van der Waals surface area contributed by atoms with Gasteiger partial charge in [-0.05, 0) is 11.6 Å². The topological polar surface area (TPSA) is 64.0 Å². The standard InChI is InChI=1S/C17H15N3O2/c1-20-11-15(13-7-8-18-10-14(13)17(20)22)16(21)19-9-12-5-3-2-4-6-12/h2-8,10-11H,9H2,1H3,(H,19,21). The maximum Gasteiger partial charge on any atom is 0.259 e. The Bertz CT molecular complexity index is 885. The molecule has 0 saturated carbocycles. The number of aryl methyl sites for hydroxylation is 1. The fourth-order valence-electron chi connectivity index (χ4n) is 2.37. The van der Waals surface area contributed by atoms with Crippen molar-refractivity contribution in [3.8, 4) is 0 Å². The third-order valence-electron chi connectivity index (χ3n) is 3.53. The summed E-state index contributed by atoms with van der Waals surface area (Å²) in [5, 5.41) is 3.94. The average Bonchev–Trinajstić information content (AvgIpc) is 2.57. The van der Waals surface area contributed by atoms with Crippen molar-refractivity contribution in [3.05, 3.63) is 76.5 Å². The zero-order valence-electron chi connectivity index (χ0n) is 12.1. The Kier molecular flexibility index (Phi) is 3.70. The van der Waals surface area contributed by atoms with Crippen molar-refractivity contribution in [2.24, 2.45) is 7.05 Å². The van der Waals surface area contributed by atoms with Crippen LogP contribution in [-0.2, 0) is 13.6 Å². The maximum atomic E-state index is 12.4. The molecule has 3 rings (SSSR count). The van der Waals surface area contributed by atoms with Crippen molar-refractivity contribution < 1.29 is 4.79 Å². The van der Waals surface area contributed by atoms with Gasteiger partial charge in [-0.1, -0.05) is 30.3 Å². The highest BCUT2D eigenvalue weighted by Gasteiger charge is 2.13. The molecular formula is C17H15N3O2. The minimum atomic E-state index is -0.212. The van der Waals surface area contributed by atoms with E-state index in [0.717, 1.165) is 5.56 Å². The molecule has 0 aliphatic heterocycles. The van der Waals surface area contributed by atoms with Gasteiger partial charge in [0.25, 0.3) is 11.5 Å². The Hall–Kier alpha value is -2.95. The molecule has 3 aromatic rings. The van der Waals surface area contributed by atoms with Crippen LogP contribution in [0.2, 0.25) is 0 Å². The number of carbonyl (C=O) groups excluding carboxylic acids is 1. The van der Waals surface area contributed by atoms with Crippen LogP contribution in [0, 0.1) is 0 Å². The molecule has 0 bridgehead atoms. The van der Waals surface area contributed by atoms with Crippen molar-refractivity contribution in [2.45, 2.75) is 6.54 Å². The second-order valence-corrected chi connectivity index (χ2v) is 5.05. The number of hydrogen-bond acceptors (Lipinski definition) is 3. The quantitative estimate of drug-likeness (QED) is 0.801. The number of aromatic nitrogens is 2. The molecule has 22 heavy (non-hydrogen) atoms. The third-order valence-corrected chi connectivity index (χ3v) is 3.53. The summed E-state index contributed by atoms with van der Waals surface area (Å²) >= 11 is 0. The lowest BCUT2D eigenvalue weighted by Gasteiger charge is -2.10. The fourth-order valence-corrected chi connectivity index (χ4v) is 2.37. The molecule has 0 fully saturated rings. The molecule has 2 heterocycles. The lowest BCUT2D eigenvalue weighted by Crippen LogP contribution is -2.26. The molecule has 110 valence electrons. The van der Waals surface area contributed by atoms with Crippen LogP contribution in [0.3, 0.4) is 0 Å². The highest BCUT2D eigenvalue weighted by molar-refractivity contribution is 6.06. The SMILES string of the molecule is Cn1cc(C(=O)NCc2ccccc2)c2ccncc2c1=O. The Morgan fingerprint density at radius 1 is 1.18 bits per heavy atom. The lowest BCUT2D eigenvalue weighted by atomic mass is 10.1. The summed E-state index contributed by atoms with van der Waals surface area (Å²) < 4.78 is 1.40. The molecule has 5 nitrogen and oxygen atoms in total. The minimum Gasteiger partial charge on any atom is -0.348 e. The molecule has 2 aromatic heterocycles. The fraction of sp³-hybridized carbons (Fsp3) is 0.118. The van der Waals surface area contributed by atoms with Crippen molar-refractivity contribution in [1.82, 2.24) is 14.9 Å². The van der Waals surface area contributed by atoms with Gasteiger partial charge in [0.15, 0.2) is 0 Å². The van der Waals surface area contributed by atoms with Gasteiger partial charge in [0.2, 0.25) is 0 Å². The first kappa shape index (κ1) is 14.0. The molecule has 0 saturated heterocycles. The van der Waals surface area contributed by atoms with Crippen molar-refractivity contribution in [3.63, 3.8) is 0 Å². The molecular weight excluding hydrogens is 278 g/mol.